The van der Waals surface area contributed by atoms with E-state index >= 15 is 0 Å². The van der Waals surface area contributed by atoms with Gasteiger partial charge in [0.2, 0.25) is 0 Å². The molecule has 1 aromatic rings. The van der Waals surface area contributed by atoms with Crippen molar-refractivity contribution in [2.24, 2.45) is 0 Å². The quantitative estimate of drug-likeness (QED) is 0.799. The third kappa shape index (κ3) is 2.54. The number of nitrogens with one attached hydrogen (secondary N) is 1. The van der Waals surface area contributed by atoms with Gasteiger partial charge in [-0.3, -0.25) is 14.3 Å². The fraction of sp³-hybridized carbons (Fsp3) is 0.600. The maximum atomic E-state index is 11.5. The zero-order chi connectivity index (χ0) is 11.5. The summed E-state index contributed by atoms with van der Waals surface area (Å²) < 4.78 is 6.57. The number of hydrogen-bond acceptors (Lipinski definition) is 3. The Hall–Kier alpha value is -1.07. The van der Waals surface area contributed by atoms with Crippen molar-refractivity contribution in [3.8, 4) is 0 Å². The maximum absolute atomic E-state index is 11.5. The van der Waals surface area contributed by atoms with E-state index < -0.39 is 5.69 Å². The van der Waals surface area contributed by atoms with Crippen molar-refractivity contribution in [2.45, 2.75) is 31.9 Å². The molecule has 1 N–H and O–H groups in total. The van der Waals surface area contributed by atoms with Crippen LogP contribution in [0.15, 0.2) is 15.7 Å². The van der Waals surface area contributed by atoms with Crippen LogP contribution >= 0.6 is 11.6 Å². The molecule has 2 heterocycles. The Kier molecular flexibility index (Phi) is 3.46. The van der Waals surface area contributed by atoms with Gasteiger partial charge in [-0.2, -0.15) is 0 Å². The largest absolute Gasteiger partial charge is 0.378 e. The molecule has 1 aromatic heterocycles. The number of aromatic amines is 1. The van der Waals surface area contributed by atoms with E-state index in [9.17, 15) is 9.59 Å². The van der Waals surface area contributed by atoms with Crippen molar-refractivity contribution >= 4 is 11.6 Å². The van der Waals surface area contributed by atoms with Crippen LogP contribution in [0, 0.1) is 0 Å². The number of rotatable bonds is 3. The molecule has 88 valence electrons. The van der Waals surface area contributed by atoms with Crippen LogP contribution in [0.1, 0.15) is 19.3 Å². The summed E-state index contributed by atoms with van der Waals surface area (Å²) in [5, 5.41) is 0.0726. The zero-order valence-corrected chi connectivity index (χ0v) is 9.50. The third-order valence-electron chi connectivity index (χ3n) is 2.69. The molecule has 0 aromatic carbocycles. The molecule has 1 unspecified atom stereocenters. The van der Waals surface area contributed by atoms with Gasteiger partial charge in [0.05, 0.1) is 6.10 Å². The molecule has 2 rings (SSSR count). The lowest BCUT2D eigenvalue weighted by Crippen LogP contribution is -2.35. The van der Waals surface area contributed by atoms with Crippen LogP contribution in [0.5, 0.6) is 0 Å². The Morgan fingerprint density at radius 2 is 2.38 bits per heavy atom. The average Bonchev–Trinajstić information content (AvgIpc) is 2.68. The average molecular weight is 245 g/mol. The van der Waals surface area contributed by atoms with Crippen LogP contribution in [0.4, 0.5) is 0 Å². The van der Waals surface area contributed by atoms with Crippen molar-refractivity contribution < 1.29 is 4.74 Å². The number of halogens is 1. The SMILES string of the molecule is O=c1cc(Cl)[nH]c(=O)n1CCC1CCCO1. The summed E-state index contributed by atoms with van der Waals surface area (Å²) >= 11 is 5.56. The Morgan fingerprint density at radius 3 is 3.00 bits per heavy atom. The highest BCUT2D eigenvalue weighted by Gasteiger charge is 2.15. The minimum Gasteiger partial charge on any atom is -0.378 e. The highest BCUT2D eigenvalue weighted by molar-refractivity contribution is 6.29. The number of H-pyrrole nitrogens is 1. The van der Waals surface area contributed by atoms with E-state index in [1.54, 1.807) is 0 Å². The van der Waals surface area contributed by atoms with Gasteiger partial charge in [-0.1, -0.05) is 11.6 Å². The minimum absolute atomic E-state index is 0.0726. The minimum atomic E-state index is -0.463. The molecule has 0 amide bonds. The third-order valence-corrected chi connectivity index (χ3v) is 2.89. The van der Waals surface area contributed by atoms with Gasteiger partial charge in [0.1, 0.15) is 5.15 Å². The van der Waals surface area contributed by atoms with Crippen molar-refractivity contribution in [3.05, 3.63) is 32.1 Å². The summed E-state index contributed by atoms with van der Waals surface area (Å²) in [5.74, 6) is 0. The molecule has 1 atom stereocenters. The van der Waals surface area contributed by atoms with Crippen LogP contribution < -0.4 is 11.2 Å². The summed E-state index contributed by atoms with van der Waals surface area (Å²) in [4.78, 5) is 25.3. The van der Waals surface area contributed by atoms with Crippen molar-refractivity contribution in [1.29, 1.82) is 0 Å². The van der Waals surface area contributed by atoms with E-state index in [0.29, 0.717) is 13.0 Å². The molecular weight excluding hydrogens is 232 g/mol. The Balaban J connectivity index is 2.09. The summed E-state index contributed by atoms with van der Waals surface area (Å²) in [7, 11) is 0. The van der Waals surface area contributed by atoms with Crippen LogP contribution in [-0.4, -0.2) is 22.3 Å². The fourth-order valence-corrected chi connectivity index (χ4v) is 2.02. The highest BCUT2D eigenvalue weighted by Crippen LogP contribution is 2.15. The molecule has 0 spiro atoms. The predicted octanol–water partition coefficient (Wildman–Crippen LogP) is 0.759. The van der Waals surface area contributed by atoms with E-state index in [0.717, 1.165) is 24.0 Å². The van der Waals surface area contributed by atoms with E-state index in [1.807, 2.05) is 0 Å². The van der Waals surface area contributed by atoms with Crippen LogP contribution in [-0.2, 0) is 11.3 Å². The number of hydrogen-bond donors (Lipinski definition) is 1. The Bertz CT molecular complexity index is 442. The van der Waals surface area contributed by atoms with E-state index in [2.05, 4.69) is 4.98 Å². The summed E-state index contributed by atoms with van der Waals surface area (Å²) in [6.07, 6.45) is 2.91. The van der Waals surface area contributed by atoms with Crippen LogP contribution in [0.3, 0.4) is 0 Å². The molecule has 1 fully saturated rings. The normalized spacial score (nSPS) is 20.2. The first-order chi connectivity index (χ1) is 7.66. The molecule has 0 saturated carbocycles. The van der Waals surface area contributed by atoms with Gasteiger partial charge < -0.3 is 4.74 Å². The van der Waals surface area contributed by atoms with Gasteiger partial charge in [0.15, 0.2) is 0 Å². The molecular formula is C10H13ClN2O3. The summed E-state index contributed by atoms with van der Waals surface area (Å²) in [5.41, 5.74) is -0.831. The van der Waals surface area contributed by atoms with Crippen LogP contribution in [0.25, 0.3) is 0 Å². The van der Waals surface area contributed by atoms with Gasteiger partial charge >= 0.3 is 5.69 Å². The van der Waals surface area contributed by atoms with Gasteiger partial charge in [-0.25, -0.2) is 4.79 Å². The van der Waals surface area contributed by atoms with Gasteiger partial charge in [-0.15, -0.1) is 0 Å². The molecule has 0 bridgehead atoms. The van der Waals surface area contributed by atoms with Crippen molar-refractivity contribution in [3.63, 3.8) is 0 Å². The Labute approximate surface area is 97.0 Å². The van der Waals surface area contributed by atoms with E-state index in [4.69, 9.17) is 16.3 Å². The van der Waals surface area contributed by atoms with Crippen molar-refractivity contribution in [2.75, 3.05) is 6.61 Å². The van der Waals surface area contributed by atoms with Crippen LogP contribution in [0.2, 0.25) is 5.15 Å². The lowest BCUT2D eigenvalue weighted by Gasteiger charge is -2.09. The highest BCUT2D eigenvalue weighted by atomic mass is 35.5. The lowest BCUT2D eigenvalue weighted by atomic mass is 10.2. The van der Waals surface area contributed by atoms with Crippen molar-refractivity contribution in [1.82, 2.24) is 9.55 Å². The summed E-state index contributed by atoms with van der Waals surface area (Å²) in [6.45, 7) is 1.15. The smallest absolute Gasteiger partial charge is 0.329 e. The molecule has 6 heteroatoms. The standard InChI is InChI=1S/C10H13ClN2O3/c11-8-6-9(14)13(10(15)12-8)4-3-7-2-1-5-16-7/h6-7H,1-5H2,(H,12,15). The lowest BCUT2D eigenvalue weighted by molar-refractivity contribution is 0.0998. The fourth-order valence-electron chi connectivity index (χ4n) is 1.85. The Morgan fingerprint density at radius 1 is 1.56 bits per heavy atom. The number of nitrogens with zero attached hydrogens (tertiary/aromatic N) is 1. The molecule has 0 aliphatic carbocycles. The molecule has 5 nitrogen and oxygen atoms in total. The first-order valence-corrected chi connectivity index (χ1v) is 5.66. The topological polar surface area (TPSA) is 64.1 Å². The summed E-state index contributed by atoms with van der Waals surface area (Å²) in [6, 6.07) is 1.21. The molecule has 16 heavy (non-hydrogen) atoms. The van der Waals surface area contributed by atoms with Gasteiger partial charge in [0.25, 0.3) is 5.56 Å². The van der Waals surface area contributed by atoms with E-state index in [1.165, 1.54) is 6.07 Å². The monoisotopic (exact) mass is 244 g/mol. The number of ether oxygens (including phenoxy) is 1. The number of aromatic nitrogens is 2. The maximum Gasteiger partial charge on any atom is 0.329 e. The predicted molar refractivity (Wildman–Crippen MR) is 59.9 cm³/mol. The first kappa shape index (κ1) is 11.4. The van der Waals surface area contributed by atoms with Gasteiger partial charge in [-0.05, 0) is 19.3 Å². The van der Waals surface area contributed by atoms with E-state index in [-0.39, 0.29) is 16.8 Å². The molecule has 1 aliphatic heterocycles. The van der Waals surface area contributed by atoms with Gasteiger partial charge in [0, 0.05) is 19.2 Å². The zero-order valence-electron chi connectivity index (χ0n) is 8.74. The molecule has 1 aliphatic rings. The molecule has 1 saturated heterocycles. The molecule has 0 radical (unpaired) electrons. The second kappa shape index (κ2) is 4.84. The second-order valence-corrected chi connectivity index (χ2v) is 4.24. The first-order valence-electron chi connectivity index (χ1n) is 5.28. The second-order valence-electron chi connectivity index (χ2n) is 3.84.